The Kier molecular flexibility index (Phi) is 28.8. The van der Waals surface area contributed by atoms with Crippen LogP contribution in [0.5, 0.6) is 28.7 Å². The number of alkyl halides is 1. The molecule has 0 saturated carbocycles. The summed E-state index contributed by atoms with van der Waals surface area (Å²) in [5.41, 5.74) is 14.5. The highest BCUT2D eigenvalue weighted by Gasteiger charge is 2.14. The predicted molar refractivity (Wildman–Crippen MR) is 360 cm³/mol. The van der Waals surface area contributed by atoms with Crippen LogP contribution in [-0.2, 0) is 51.4 Å². The Morgan fingerprint density at radius 2 is 0.711 bits per heavy atom. The highest BCUT2D eigenvalue weighted by molar-refractivity contribution is 6.16. The number of hydrogen-bond acceptors (Lipinski definition) is 23. The number of aliphatic hydroxyl groups is 2. The predicted octanol–water partition coefficient (Wildman–Crippen LogP) is 6.95. The number of nitrogens with zero attached hydrogens (tertiary/aromatic N) is 7. The largest absolute Gasteiger partial charge is 0.508 e. The molecule has 4 amide bonds. The van der Waals surface area contributed by atoms with Crippen molar-refractivity contribution >= 4 is 102 Å². The second kappa shape index (κ2) is 36.5. The van der Waals surface area contributed by atoms with Gasteiger partial charge in [-0.2, -0.15) is 0 Å². The molecule has 0 aliphatic heterocycles. The van der Waals surface area contributed by atoms with Crippen molar-refractivity contribution in [3.05, 3.63) is 212 Å². The molecule has 31 heteroatoms. The van der Waals surface area contributed by atoms with Gasteiger partial charge in [0.15, 0.2) is 53.6 Å². The summed E-state index contributed by atoms with van der Waals surface area (Å²) >= 11 is 5.66. The van der Waals surface area contributed by atoms with E-state index in [1.54, 1.807) is 117 Å². The minimum atomic E-state index is -0.352. The monoisotopic (exact) mass is 1380 g/mol. The van der Waals surface area contributed by atoms with Crippen LogP contribution in [0.15, 0.2) is 173 Å². The number of azide groups is 1. The zero-order valence-corrected chi connectivity index (χ0v) is 55.2. The van der Waals surface area contributed by atoms with Gasteiger partial charge in [0.25, 0.3) is 23.6 Å². The van der Waals surface area contributed by atoms with Crippen molar-refractivity contribution in [3.63, 3.8) is 0 Å². The van der Waals surface area contributed by atoms with Gasteiger partial charge in [0, 0.05) is 122 Å². The molecule has 0 bridgehead atoms. The van der Waals surface area contributed by atoms with E-state index in [-0.39, 0.29) is 150 Å². The summed E-state index contributed by atoms with van der Waals surface area (Å²) in [7, 11) is 13.1. The van der Waals surface area contributed by atoms with Gasteiger partial charge in [-0.05, 0) is 66.2 Å². The highest BCUT2D eigenvalue weighted by Crippen LogP contribution is 2.25. The summed E-state index contributed by atoms with van der Waals surface area (Å²) in [6, 6.07) is 29.8. The molecule has 5 heterocycles. The lowest BCUT2D eigenvalue weighted by Gasteiger charge is -2.11. The molecule has 0 radical (unpaired) electrons. The molecule has 10 aromatic rings. The number of aliphatic hydroxyl groups excluding tert-OH is 2. The van der Waals surface area contributed by atoms with E-state index in [2.05, 4.69) is 10.0 Å². The van der Waals surface area contributed by atoms with Crippen LogP contribution in [0.3, 0.4) is 0 Å². The van der Waals surface area contributed by atoms with Crippen LogP contribution in [0.25, 0.3) is 65.3 Å². The second-order valence-electron chi connectivity index (χ2n) is 21.0. The molecular formula is C66H68Cl2N8O21. The number of carbonyl (C=O) groups excluding carboxylic acids is 4. The number of hydrogen-bond donors (Lipinski definition) is 4. The zero-order chi connectivity index (χ0) is 70.3. The molecule has 5 aromatic carbocycles. The van der Waals surface area contributed by atoms with Gasteiger partial charge in [-0.3, -0.25) is 43.2 Å². The molecule has 0 aliphatic rings. The number of phenols is 1. The lowest BCUT2D eigenvalue weighted by atomic mass is 10.2. The molecule has 5 N–H and O–H groups in total. The number of benzene rings is 5. The zero-order valence-electron chi connectivity index (χ0n) is 53.6. The van der Waals surface area contributed by atoms with Gasteiger partial charge in [-0.15, -0.1) is 24.0 Å². The van der Waals surface area contributed by atoms with E-state index in [4.69, 9.17) is 79.2 Å². The number of likely N-dealkylation sites (N-methyl/N-ethyl adjacent to an activating group) is 4. The molecular weight excluding hydrogens is 1310 g/mol. The minimum Gasteiger partial charge on any atom is -0.508 e. The Morgan fingerprint density at radius 1 is 0.443 bits per heavy atom. The standard InChI is InChI=1S/C14H14ClNO4.C14H14N4O4.C14H16N2O4.C14H15NO5.C10H8O4.ClH/c1-16(2)14(18)8-19-9-3-4-11-12(17)5-10(7-15)20-13(11)6-9;1-18(2)14(20)8-21-9-3-4-11-12(19)5-10(7-16-17-15)22-13(11)6-9;1-16(2)14(18)8-19-9-3-4-11-12(17)5-10(7-15)20-13(11)6-9;1-15(2)14(18)8-19-9-3-4-11-12(17)5-10(7-16)20-13(11)6-9;11-5-7-4-9(13)8-2-1-6(12)3-10(8)14-7;/h3-6H,7-8H2,1-2H3;3-6H,7-8H2,1-2H3;3-6H,7-8,15H2,1-2H3;3-6,16H,7-8H2,1-2H3;1-4,11-12H,5H2;1H. The van der Waals surface area contributed by atoms with E-state index >= 15 is 0 Å². The Morgan fingerprint density at radius 3 is 1.01 bits per heavy atom. The first-order chi connectivity index (χ1) is 45.7. The van der Waals surface area contributed by atoms with Crippen LogP contribution in [0, 0.1) is 0 Å². The molecule has 0 saturated heterocycles. The van der Waals surface area contributed by atoms with Crippen molar-refractivity contribution in [1.82, 2.24) is 19.6 Å². The number of fused-ring (bicyclic) bond motifs is 5. The van der Waals surface area contributed by atoms with Crippen molar-refractivity contribution < 1.29 is 75.5 Å². The summed E-state index contributed by atoms with van der Waals surface area (Å²) in [5, 5.41) is 32.4. The molecule has 10 rings (SSSR count). The number of carbonyl (C=O) groups is 4. The Balaban J connectivity index is 0.000000220. The number of ether oxygens (including phenoxy) is 4. The fourth-order valence-electron chi connectivity index (χ4n) is 7.89. The average molecular weight is 1380 g/mol. The Bertz CT molecular complexity index is 4520. The van der Waals surface area contributed by atoms with Crippen molar-refractivity contribution in [2.45, 2.75) is 32.2 Å². The Hall–Kier alpha value is -11.2. The molecule has 29 nitrogen and oxygen atoms in total. The Labute approximate surface area is 561 Å². The van der Waals surface area contributed by atoms with Gasteiger partial charge in [-0.25, -0.2) is 0 Å². The van der Waals surface area contributed by atoms with Gasteiger partial charge in [0.2, 0.25) is 0 Å². The van der Waals surface area contributed by atoms with Crippen molar-refractivity contribution in [2.75, 3.05) is 82.8 Å². The third-order valence-electron chi connectivity index (χ3n) is 13.1. The third kappa shape index (κ3) is 22.2. The fourth-order valence-corrected chi connectivity index (χ4v) is 8.02. The van der Waals surface area contributed by atoms with Crippen molar-refractivity contribution in [2.24, 2.45) is 10.8 Å². The summed E-state index contributed by atoms with van der Waals surface area (Å²) in [6.07, 6.45) is 0. The number of halogens is 2. The number of nitrogens with two attached hydrogens (primary N) is 1. The first-order valence-electron chi connectivity index (χ1n) is 28.6. The fraction of sp³-hybridized carbons (Fsp3) is 0.258. The maximum atomic E-state index is 11.9. The maximum Gasteiger partial charge on any atom is 0.259 e. The molecule has 0 atom stereocenters. The molecule has 0 unspecified atom stereocenters. The summed E-state index contributed by atoms with van der Waals surface area (Å²) in [4.78, 5) is 113. The van der Waals surface area contributed by atoms with Gasteiger partial charge >= 0.3 is 0 Å². The van der Waals surface area contributed by atoms with Crippen LogP contribution in [0.4, 0.5) is 0 Å². The average Bonchev–Trinajstić information content (AvgIpc) is 0.863. The van der Waals surface area contributed by atoms with E-state index in [1.807, 2.05) is 0 Å². The first kappa shape index (κ1) is 76.5. The highest BCUT2D eigenvalue weighted by atomic mass is 35.5. The van der Waals surface area contributed by atoms with Gasteiger partial charge < -0.3 is 81.7 Å². The van der Waals surface area contributed by atoms with Crippen LogP contribution in [0.1, 0.15) is 28.8 Å². The minimum absolute atomic E-state index is 0. The molecule has 512 valence electrons. The van der Waals surface area contributed by atoms with Gasteiger partial charge in [0.05, 0.1) is 45.9 Å². The lowest BCUT2D eigenvalue weighted by Crippen LogP contribution is -2.27. The number of rotatable bonds is 18. The maximum absolute atomic E-state index is 11.9. The van der Waals surface area contributed by atoms with Crippen molar-refractivity contribution in [1.29, 1.82) is 0 Å². The summed E-state index contributed by atoms with van der Waals surface area (Å²) in [6.45, 7) is -0.932. The lowest BCUT2D eigenvalue weighted by molar-refractivity contribution is -0.131. The quantitative estimate of drug-likeness (QED) is 0.0292. The SMILES string of the molecule is CN(C)C(=O)COc1ccc2c(=O)cc(CCl)oc2c1.CN(C)C(=O)COc1ccc2c(=O)cc(CN)oc2c1.CN(C)C(=O)COc1ccc2c(=O)cc(CN=[N+]=[N-])oc2c1.CN(C)C(=O)COc1ccc2c(=O)cc(CO)oc2c1.Cl.O=c1cc(CO)oc2cc(O)ccc12. The first-order valence-corrected chi connectivity index (χ1v) is 29.1. The van der Waals surface area contributed by atoms with E-state index in [0.29, 0.717) is 83.8 Å². The normalized spacial score (nSPS) is 10.4. The van der Waals surface area contributed by atoms with E-state index < -0.39 is 0 Å². The van der Waals surface area contributed by atoms with Crippen molar-refractivity contribution in [3.8, 4) is 28.7 Å². The second-order valence-corrected chi connectivity index (χ2v) is 21.3. The van der Waals surface area contributed by atoms with Gasteiger partial charge in [-0.1, -0.05) is 5.11 Å². The molecule has 97 heavy (non-hydrogen) atoms. The van der Waals surface area contributed by atoms with E-state index in [9.17, 15) is 43.2 Å². The number of aromatic hydroxyl groups is 1. The molecule has 0 fully saturated rings. The molecule has 0 spiro atoms. The smallest absolute Gasteiger partial charge is 0.259 e. The van der Waals surface area contributed by atoms with Gasteiger partial charge in [0.1, 0.15) is 98.7 Å². The molecule has 5 aromatic heterocycles. The van der Waals surface area contributed by atoms with Crippen LogP contribution >= 0.6 is 24.0 Å². The van der Waals surface area contributed by atoms with Crippen LogP contribution in [0.2, 0.25) is 0 Å². The van der Waals surface area contributed by atoms with Crippen LogP contribution < -0.4 is 51.8 Å². The molecule has 0 aliphatic carbocycles. The van der Waals surface area contributed by atoms with Crippen LogP contribution in [-0.4, -0.2) is 141 Å². The third-order valence-corrected chi connectivity index (χ3v) is 13.4. The number of amides is 4. The van der Waals surface area contributed by atoms with E-state index in [1.165, 1.54) is 80.3 Å². The number of phenolic OH excluding ortho intramolecular Hbond substituents is 1. The topological polar surface area (TPSA) is 405 Å². The summed E-state index contributed by atoms with van der Waals surface area (Å²) < 4.78 is 48.4. The van der Waals surface area contributed by atoms with E-state index in [0.717, 1.165) is 0 Å². The summed E-state index contributed by atoms with van der Waals surface area (Å²) in [5.74, 6) is 2.68.